The first-order valence-electron chi connectivity index (χ1n) is 6.17. The molecule has 0 amide bonds. The molecule has 0 aliphatic heterocycles. The highest BCUT2D eigenvalue weighted by Crippen LogP contribution is 2.21. The Labute approximate surface area is 115 Å². The third-order valence-corrected chi connectivity index (χ3v) is 2.75. The first-order chi connectivity index (χ1) is 9.80. The number of nitrogens with zero attached hydrogens (tertiary/aromatic N) is 5. The van der Waals surface area contributed by atoms with E-state index in [0.29, 0.717) is 12.4 Å². The van der Waals surface area contributed by atoms with E-state index in [1.807, 2.05) is 31.2 Å². The van der Waals surface area contributed by atoms with E-state index in [1.54, 1.807) is 17.8 Å². The summed E-state index contributed by atoms with van der Waals surface area (Å²) in [5.41, 5.74) is 1.72. The number of aromatic nitrogens is 5. The fourth-order valence-electron chi connectivity index (χ4n) is 1.79. The van der Waals surface area contributed by atoms with Crippen LogP contribution < -0.4 is 9.47 Å². The number of hydrogen-bond acceptors (Lipinski definition) is 6. The van der Waals surface area contributed by atoms with Crippen molar-refractivity contribution in [1.82, 2.24) is 24.8 Å². The van der Waals surface area contributed by atoms with Gasteiger partial charge >= 0.3 is 6.01 Å². The summed E-state index contributed by atoms with van der Waals surface area (Å²) in [5, 5.41) is 12.0. The molecule has 2 aromatic heterocycles. The van der Waals surface area contributed by atoms with Crippen LogP contribution in [0.4, 0.5) is 0 Å². The Kier molecular flexibility index (Phi) is 3.16. The molecule has 0 fully saturated rings. The molecule has 0 N–H and O–H groups in total. The zero-order chi connectivity index (χ0) is 13.9. The van der Waals surface area contributed by atoms with Gasteiger partial charge in [-0.15, -0.1) is 10.2 Å². The average molecular weight is 271 g/mol. The molecular weight excluding hydrogens is 258 g/mol. The zero-order valence-corrected chi connectivity index (χ0v) is 11.1. The molecule has 0 unspecified atom stereocenters. The summed E-state index contributed by atoms with van der Waals surface area (Å²) in [7, 11) is 1.63. The second-order valence-electron chi connectivity index (χ2n) is 4.01. The minimum Gasteiger partial charge on any atom is -0.497 e. The van der Waals surface area contributed by atoms with Crippen LogP contribution in [0.25, 0.3) is 17.0 Å². The summed E-state index contributed by atoms with van der Waals surface area (Å²) in [4.78, 5) is 4.37. The lowest BCUT2D eigenvalue weighted by Gasteiger charge is -1.99. The summed E-state index contributed by atoms with van der Waals surface area (Å²) in [6.45, 7) is 2.36. The Balaban J connectivity index is 1.98. The van der Waals surface area contributed by atoms with Crippen LogP contribution in [0, 0.1) is 0 Å². The second-order valence-corrected chi connectivity index (χ2v) is 4.01. The smallest absolute Gasteiger partial charge is 0.353 e. The molecule has 2 heterocycles. The number of rotatable bonds is 4. The fourth-order valence-corrected chi connectivity index (χ4v) is 1.79. The highest BCUT2D eigenvalue weighted by molar-refractivity contribution is 5.61. The van der Waals surface area contributed by atoms with Gasteiger partial charge in [-0.2, -0.15) is 4.52 Å². The topological polar surface area (TPSA) is 74.4 Å². The minimum absolute atomic E-state index is 0.235. The van der Waals surface area contributed by atoms with E-state index in [-0.39, 0.29) is 6.01 Å². The third kappa shape index (κ3) is 2.25. The summed E-state index contributed by atoms with van der Waals surface area (Å²) in [6, 6.07) is 7.85. The Morgan fingerprint density at radius 3 is 2.65 bits per heavy atom. The molecule has 1 aromatic carbocycles. The van der Waals surface area contributed by atoms with E-state index in [4.69, 9.17) is 9.47 Å². The van der Waals surface area contributed by atoms with E-state index < -0.39 is 0 Å². The summed E-state index contributed by atoms with van der Waals surface area (Å²) >= 11 is 0. The molecule has 0 saturated heterocycles. The molecule has 0 bridgehead atoms. The van der Waals surface area contributed by atoms with Gasteiger partial charge in [0.2, 0.25) is 0 Å². The van der Waals surface area contributed by atoms with E-state index in [0.717, 1.165) is 17.0 Å². The van der Waals surface area contributed by atoms with Gasteiger partial charge in [-0.05, 0) is 31.2 Å². The standard InChI is InChI=1S/C13H13N5O2/c1-3-20-13-16-15-12-14-11(8-18(12)17-13)9-4-6-10(19-2)7-5-9/h4-8H,3H2,1-2H3. The van der Waals surface area contributed by atoms with Crippen molar-refractivity contribution in [1.29, 1.82) is 0 Å². The molecule has 3 aromatic rings. The summed E-state index contributed by atoms with van der Waals surface area (Å²) < 4.78 is 11.9. The number of benzene rings is 1. The van der Waals surface area contributed by atoms with Crippen molar-refractivity contribution in [3.63, 3.8) is 0 Å². The van der Waals surface area contributed by atoms with Crippen molar-refractivity contribution < 1.29 is 9.47 Å². The van der Waals surface area contributed by atoms with Crippen molar-refractivity contribution in [3.8, 4) is 23.0 Å². The van der Waals surface area contributed by atoms with E-state index in [9.17, 15) is 0 Å². The molecule has 7 heteroatoms. The van der Waals surface area contributed by atoms with Crippen molar-refractivity contribution in [2.75, 3.05) is 13.7 Å². The van der Waals surface area contributed by atoms with Gasteiger partial charge in [0.25, 0.3) is 5.78 Å². The van der Waals surface area contributed by atoms with Crippen LogP contribution in [0.2, 0.25) is 0 Å². The second kappa shape index (κ2) is 5.12. The van der Waals surface area contributed by atoms with Gasteiger partial charge in [-0.25, -0.2) is 4.98 Å². The normalized spacial score (nSPS) is 10.7. The Bertz CT molecular complexity index is 723. The number of imidazole rings is 1. The molecule has 0 aliphatic rings. The molecular formula is C13H13N5O2. The van der Waals surface area contributed by atoms with Crippen LogP contribution in [0.15, 0.2) is 30.5 Å². The van der Waals surface area contributed by atoms with Crippen molar-refractivity contribution >= 4 is 5.78 Å². The Morgan fingerprint density at radius 1 is 1.15 bits per heavy atom. The number of methoxy groups -OCH3 is 1. The highest BCUT2D eigenvalue weighted by Gasteiger charge is 2.08. The van der Waals surface area contributed by atoms with Crippen LogP contribution in [-0.2, 0) is 0 Å². The van der Waals surface area contributed by atoms with Gasteiger partial charge in [0.05, 0.1) is 25.6 Å². The summed E-state index contributed by atoms with van der Waals surface area (Å²) in [5.74, 6) is 1.23. The maximum Gasteiger partial charge on any atom is 0.353 e. The first-order valence-corrected chi connectivity index (χ1v) is 6.17. The van der Waals surface area contributed by atoms with E-state index >= 15 is 0 Å². The molecule has 0 aliphatic carbocycles. The van der Waals surface area contributed by atoms with Crippen molar-refractivity contribution in [2.24, 2.45) is 0 Å². The minimum atomic E-state index is 0.235. The lowest BCUT2D eigenvalue weighted by Crippen LogP contribution is -2.03. The number of ether oxygens (including phenoxy) is 2. The molecule has 0 saturated carbocycles. The Hall–Kier alpha value is -2.70. The van der Waals surface area contributed by atoms with Gasteiger partial charge < -0.3 is 9.47 Å². The predicted octanol–water partition coefficient (Wildman–Crippen LogP) is 1.59. The Morgan fingerprint density at radius 2 is 1.95 bits per heavy atom. The lowest BCUT2D eigenvalue weighted by atomic mass is 10.2. The van der Waals surface area contributed by atoms with E-state index in [2.05, 4.69) is 20.3 Å². The maximum atomic E-state index is 5.21. The van der Waals surface area contributed by atoms with Gasteiger partial charge in [0.1, 0.15) is 5.75 Å². The van der Waals surface area contributed by atoms with Crippen molar-refractivity contribution in [2.45, 2.75) is 6.92 Å². The molecule has 7 nitrogen and oxygen atoms in total. The van der Waals surface area contributed by atoms with E-state index in [1.165, 1.54) is 0 Å². The van der Waals surface area contributed by atoms with Crippen LogP contribution >= 0.6 is 0 Å². The average Bonchev–Trinajstić information content (AvgIpc) is 2.91. The third-order valence-electron chi connectivity index (χ3n) is 2.75. The number of fused-ring (bicyclic) bond motifs is 1. The molecule has 3 rings (SSSR count). The zero-order valence-electron chi connectivity index (χ0n) is 11.1. The molecule has 102 valence electrons. The predicted molar refractivity (Wildman–Crippen MR) is 71.7 cm³/mol. The lowest BCUT2D eigenvalue weighted by molar-refractivity contribution is 0.301. The SMILES string of the molecule is CCOc1nnc2nc(-c3ccc(OC)cc3)cn2n1. The number of hydrogen-bond donors (Lipinski definition) is 0. The largest absolute Gasteiger partial charge is 0.497 e. The quantitative estimate of drug-likeness (QED) is 0.717. The van der Waals surface area contributed by atoms with Gasteiger partial charge in [-0.3, -0.25) is 0 Å². The molecule has 0 spiro atoms. The van der Waals surface area contributed by atoms with Gasteiger partial charge in [-0.1, -0.05) is 5.10 Å². The molecule has 0 atom stereocenters. The highest BCUT2D eigenvalue weighted by atomic mass is 16.5. The van der Waals surface area contributed by atoms with Crippen LogP contribution in [-0.4, -0.2) is 38.5 Å². The fraction of sp³-hybridized carbons (Fsp3) is 0.231. The van der Waals surface area contributed by atoms with Crippen LogP contribution in [0.1, 0.15) is 6.92 Å². The molecule has 0 radical (unpaired) electrons. The maximum absolute atomic E-state index is 5.21. The summed E-state index contributed by atoms with van der Waals surface area (Å²) in [6.07, 6.45) is 1.79. The van der Waals surface area contributed by atoms with Crippen LogP contribution in [0.5, 0.6) is 11.8 Å². The first kappa shape index (κ1) is 12.3. The van der Waals surface area contributed by atoms with Gasteiger partial charge in [0, 0.05) is 5.56 Å². The molecule has 20 heavy (non-hydrogen) atoms. The van der Waals surface area contributed by atoms with Crippen LogP contribution in [0.3, 0.4) is 0 Å². The van der Waals surface area contributed by atoms with Crippen molar-refractivity contribution in [3.05, 3.63) is 30.5 Å². The monoisotopic (exact) mass is 271 g/mol. The van der Waals surface area contributed by atoms with Gasteiger partial charge in [0.15, 0.2) is 0 Å².